The molecule has 15 heavy (non-hydrogen) atoms. The van der Waals surface area contributed by atoms with Crippen LogP contribution in [0.5, 0.6) is 0 Å². The molecular formula is C11H11ClN2O. The number of nitrogens with zero attached hydrogens (tertiary/aromatic N) is 2. The Morgan fingerprint density at radius 3 is 2.67 bits per heavy atom. The predicted octanol–water partition coefficient (Wildman–Crippen LogP) is 3.09. The summed E-state index contributed by atoms with van der Waals surface area (Å²) in [6.45, 7) is 3.82. The number of furan rings is 1. The number of aromatic nitrogens is 2. The van der Waals surface area contributed by atoms with Gasteiger partial charge in [0.2, 0.25) is 0 Å². The number of aryl methyl sites for hydroxylation is 2. The molecule has 0 aliphatic rings. The molecule has 0 aliphatic carbocycles. The zero-order valence-electron chi connectivity index (χ0n) is 8.62. The van der Waals surface area contributed by atoms with Gasteiger partial charge in [0.25, 0.3) is 0 Å². The van der Waals surface area contributed by atoms with Crippen LogP contribution in [0.25, 0.3) is 11.5 Å². The van der Waals surface area contributed by atoms with Gasteiger partial charge in [0.1, 0.15) is 17.3 Å². The van der Waals surface area contributed by atoms with E-state index in [0.717, 1.165) is 22.9 Å². The van der Waals surface area contributed by atoms with Crippen LogP contribution in [0, 0.1) is 13.8 Å². The fourth-order valence-electron chi connectivity index (χ4n) is 1.39. The van der Waals surface area contributed by atoms with E-state index in [-0.39, 0.29) is 0 Å². The van der Waals surface area contributed by atoms with E-state index in [9.17, 15) is 0 Å². The maximum atomic E-state index is 5.71. The normalized spacial score (nSPS) is 10.6. The molecule has 2 aromatic heterocycles. The van der Waals surface area contributed by atoms with Crippen LogP contribution >= 0.6 is 11.6 Å². The van der Waals surface area contributed by atoms with E-state index in [1.165, 1.54) is 0 Å². The van der Waals surface area contributed by atoms with Crippen molar-refractivity contribution in [3.63, 3.8) is 0 Å². The second-order valence-corrected chi connectivity index (χ2v) is 3.62. The Balaban J connectivity index is 2.48. The minimum Gasteiger partial charge on any atom is -0.460 e. The molecule has 0 amide bonds. The minimum absolute atomic E-state index is 0.314. The second-order valence-electron chi connectivity index (χ2n) is 3.35. The van der Waals surface area contributed by atoms with Gasteiger partial charge in [-0.25, -0.2) is 9.97 Å². The first-order valence-corrected chi connectivity index (χ1v) is 5.20. The molecule has 0 unspecified atom stereocenters. The monoisotopic (exact) mass is 222 g/mol. The van der Waals surface area contributed by atoms with E-state index in [2.05, 4.69) is 9.97 Å². The van der Waals surface area contributed by atoms with Gasteiger partial charge in [-0.05, 0) is 32.0 Å². The Morgan fingerprint density at radius 1 is 1.27 bits per heavy atom. The molecule has 4 heteroatoms. The summed E-state index contributed by atoms with van der Waals surface area (Å²) in [6.07, 6.45) is 0. The zero-order chi connectivity index (χ0) is 10.8. The highest BCUT2D eigenvalue weighted by atomic mass is 35.5. The molecular weight excluding hydrogens is 212 g/mol. The first-order valence-electron chi connectivity index (χ1n) is 4.66. The zero-order valence-corrected chi connectivity index (χ0v) is 9.38. The molecule has 0 saturated carbocycles. The number of alkyl halides is 1. The summed E-state index contributed by atoms with van der Waals surface area (Å²) in [5.41, 5.74) is 1.68. The number of halogens is 1. The van der Waals surface area contributed by atoms with Crippen LogP contribution in [-0.2, 0) is 5.88 Å². The lowest BCUT2D eigenvalue weighted by Crippen LogP contribution is -1.95. The molecule has 0 aliphatic heterocycles. The molecule has 2 heterocycles. The SMILES string of the molecule is Cc1cc(-c2ccc(C)o2)nc(CCl)n1. The van der Waals surface area contributed by atoms with E-state index in [1.54, 1.807) is 0 Å². The van der Waals surface area contributed by atoms with Gasteiger partial charge in [0.05, 0.1) is 5.88 Å². The standard InChI is InChI=1S/C11H11ClN2O/c1-7-5-9(14-11(6-12)13-7)10-4-3-8(2)15-10/h3-5H,6H2,1-2H3. The minimum atomic E-state index is 0.314. The summed E-state index contributed by atoms with van der Waals surface area (Å²) < 4.78 is 5.49. The molecule has 0 saturated heterocycles. The van der Waals surface area contributed by atoms with Gasteiger partial charge in [-0.3, -0.25) is 0 Å². The quantitative estimate of drug-likeness (QED) is 0.733. The fraction of sp³-hybridized carbons (Fsp3) is 0.273. The van der Waals surface area contributed by atoms with Crippen molar-refractivity contribution in [2.75, 3.05) is 0 Å². The van der Waals surface area contributed by atoms with Crippen LogP contribution in [0.2, 0.25) is 0 Å². The Kier molecular flexibility index (Phi) is 2.73. The van der Waals surface area contributed by atoms with Crippen molar-refractivity contribution in [2.45, 2.75) is 19.7 Å². The van der Waals surface area contributed by atoms with E-state index >= 15 is 0 Å². The summed E-state index contributed by atoms with van der Waals surface area (Å²) >= 11 is 5.71. The summed E-state index contributed by atoms with van der Waals surface area (Å²) in [5.74, 6) is 2.56. The van der Waals surface area contributed by atoms with Crippen LogP contribution in [0.4, 0.5) is 0 Å². The van der Waals surface area contributed by atoms with Gasteiger partial charge in [0, 0.05) is 5.69 Å². The molecule has 2 aromatic rings. The lowest BCUT2D eigenvalue weighted by Gasteiger charge is -2.01. The van der Waals surface area contributed by atoms with Crippen LogP contribution in [0.15, 0.2) is 22.6 Å². The molecule has 3 nitrogen and oxygen atoms in total. The summed E-state index contributed by atoms with van der Waals surface area (Å²) in [6, 6.07) is 5.69. The highest BCUT2D eigenvalue weighted by molar-refractivity contribution is 6.16. The van der Waals surface area contributed by atoms with Crippen molar-refractivity contribution in [2.24, 2.45) is 0 Å². The third kappa shape index (κ3) is 2.18. The van der Waals surface area contributed by atoms with Crippen molar-refractivity contribution < 1.29 is 4.42 Å². The van der Waals surface area contributed by atoms with Crippen molar-refractivity contribution in [1.29, 1.82) is 0 Å². The van der Waals surface area contributed by atoms with Crippen LogP contribution in [0.3, 0.4) is 0 Å². The van der Waals surface area contributed by atoms with Gasteiger partial charge >= 0.3 is 0 Å². The van der Waals surface area contributed by atoms with Crippen molar-refractivity contribution in [3.05, 3.63) is 35.5 Å². The van der Waals surface area contributed by atoms with Gasteiger partial charge in [-0.1, -0.05) is 0 Å². The molecule has 0 atom stereocenters. The smallest absolute Gasteiger partial charge is 0.152 e. The fourth-order valence-corrected chi connectivity index (χ4v) is 1.51. The lowest BCUT2D eigenvalue weighted by molar-refractivity contribution is 0.546. The van der Waals surface area contributed by atoms with E-state index < -0.39 is 0 Å². The number of rotatable bonds is 2. The molecule has 0 N–H and O–H groups in total. The van der Waals surface area contributed by atoms with Crippen molar-refractivity contribution in [1.82, 2.24) is 9.97 Å². The predicted molar refractivity (Wildman–Crippen MR) is 58.8 cm³/mol. The molecule has 0 spiro atoms. The first-order chi connectivity index (χ1) is 7.19. The van der Waals surface area contributed by atoms with Crippen LogP contribution in [-0.4, -0.2) is 9.97 Å². The average Bonchev–Trinajstić information content (AvgIpc) is 2.64. The topological polar surface area (TPSA) is 38.9 Å². The highest BCUT2D eigenvalue weighted by Crippen LogP contribution is 2.20. The molecule has 0 aromatic carbocycles. The Morgan fingerprint density at radius 2 is 2.07 bits per heavy atom. The molecule has 0 radical (unpaired) electrons. The molecule has 0 bridgehead atoms. The third-order valence-electron chi connectivity index (χ3n) is 2.01. The third-order valence-corrected chi connectivity index (χ3v) is 2.25. The lowest BCUT2D eigenvalue weighted by atomic mass is 10.3. The van der Waals surface area contributed by atoms with Gasteiger partial charge in [-0.2, -0.15) is 0 Å². The maximum Gasteiger partial charge on any atom is 0.152 e. The summed E-state index contributed by atoms with van der Waals surface area (Å²) in [7, 11) is 0. The number of hydrogen-bond acceptors (Lipinski definition) is 3. The first kappa shape index (κ1) is 10.2. The van der Waals surface area contributed by atoms with Crippen LogP contribution in [0.1, 0.15) is 17.3 Å². The van der Waals surface area contributed by atoms with E-state index in [4.69, 9.17) is 16.0 Å². The largest absolute Gasteiger partial charge is 0.460 e. The van der Waals surface area contributed by atoms with Crippen LogP contribution < -0.4 is 0 Å². The van der Waals surface area contributed by atoms with Crippen molar-refractivity contribution >= 4 is 11.6 Å². The maximum absolute atomic E-state index is 5.71. The molecule has 0 fully saturated rings. The molecule has 2 rings (SSSR count). The summed E-state index contributed by atoms with van der Waals surface area (Å²) in [5, 5.41) is 0. The van der Waals surface area contributed by atoms with Gasteiger partial charge < -0.3 is 4.42 Å². The Labute approximate surface area is 93.1 Å². The summed E-state index contributed by atoms with van der Waals surface area (Å²) in [4.78, 5) is 8.50. The van der Waals surface area contributed by atoms with Gasteiger partial charge in [-0.15, -0.1) is 11.6 Å². The Bertz CT molecular complexity index is 479. The highest BCUT2D eigenvalue weighted by Gasteiger charge is 2.07. The Hall–Kier alpha value is -1.35. The van der Waals surface area contributed by atoms with E-state index in [0.29, 0.717) is 11.7 Å². The van der Waals surface area contributed by atoms with E-state index in [1.807, 2.05) is 32.0 Å². The number of hydrogen-bond donors (Lipinski definition) is 0. The van der Waals surface area contributed by atoms with Gasteiger partial charge in [0.15, 0.2) is 5.76 Å². The average molecular weight is 223 g/mol. The van der Waals surface area contributed by atoms with Crippen molar-refractivity contribution in [3.8, 4) is 11.5 Å². The molecule has 78 valence electrons. The second kappa shape index (κ2) is 4.03.